The summed E-state index contributed by atoms with van der Waals surface area (Å²) < 4.78 is 7.19. The number of rotatable bonds is 6. The van der Waals surface area contributed by atoms with Gasteiger partial charge in [0.25, 0.3) is 5.91 Å². The van der Waals surface area contributed by atoms with Crippen LogP contribution in [-0.2, 0) is 4.79 Å². The van der Waals surface area contributed by atoms with Crippen molar-refractivity contribution in [3.63, 3.8) is 0 Å². The van der Waals surface area contributed by atoms with Crippen LogP contribution < -0.4 is 9.64 Å². The smallest absolute Gasteiger partial charge is 0.265 e. The summed E-state index contributed by atoms with van der Waals surface area (Å²) >= 11 is 0. The van der Waals surface area contributed by atoms with Gasteiger partial charge in [0.15, 0.2) is 6.61 Å². The zero-order valence-electron chi connectivity index (χ0n) is 14.1. The minimum Gasteiger partial charge on any atom is -0.484 e. The molecule has 3 rings (SSSR count). The molecule has 1 amide bonds. The normalized spacial score (nSPS) is 10.7. The highest BCUT2D eigenvalue weighted by molar-refractivity contribution is 5.94. The van der Waals surface area contributed by atoms with Crippen LogP contribution in [-0.4, -0.2) is 38.8 Å². The molecule has 0 atom stereocenters. The third-order valence-electron chi connectivity index (χ3n) is 3.63. The van der Waals surface area contributed by atoms with Gasteiger partial charge in [0.05, 0.1) is 5.69 Å². The van der Waals surface area contributed by atoms with Crippen LogP contribution >= 0.6 is 0 Å². The molecule has 7 heteroatoms. The lowest BCUT2D eigenvalue weighted by Crippen LogP contribution is -2.40. The minimum absolute atomic E-state index is 0.0305. The first kappa shape index (κ1) is 16.6. The summed E-state index contributed by atoms with van der Waals surface area (Å²) in [6.45, 7) is 3.93. The standard InChI is InChI=1S/C18H19N5O2/c1-14(2)23(16-6-4-3-5-7-16)18(24)12-25-17-10-8-15(9-11-17)22-13-19-20-21-22/h3-11,13-14H,12H2,1-2H3. The van der Waals surface area contributed by atoms with Gasteiger partial charge < -0.3 is 9.64 Å². The zero-order valence-corrected chi connectivity index (χ0v) is 14.1. The number of amides is 1. The first-order valence-corrected chi connectivity index (χ1v) is 7.98. The molecule has 0 unspecified atom stereocenters. The van der Waals surface area contributed by atoms with Crippen molar-refractivity contribution in [3.05, 3.63) is 60.9 Å². The summed E-state index contributed by atoms with van der Waals surface area (Å²) in [5.41, 5.74) is 1.68. The lowest BCUT2D eigenvalue weighted by Gasteiger charge is -2.26. The van der Waals surface area contributed by atoms with Crippen molar-refractivity contribution in [2.24, 2.45) is 0 Å². The number of aromatic nitrogens is 4. The number of hydrogen-bond acceptors (Lipinski definition) is 5. The number of tetrazole rings is 1. The molecule has 0 radical (unpaired) electrons. The third-order valence-corrected chi connectivity index (χ3v) is 3.63. The number of ether oxygens (including phenoxy) is 1. The van der Waals surface area contributed by atoms with Gasteiger partial charge in [-0.1, -0.05) is 18.2 Å². The largest absolute Gasteiger partial charge is 0.484 e. The van der Waals surface area contributed by atoms with Crippen molar-refractivity contribution >= 4 is 11.6 Å². The molecular weight excluding hydrogens is 318 g/mol. The Hall–Kier alpha value is -3.22. The summed E-state index contributed by atoms with van der Waals surface area (Å²) in [6.07, 6.45) is 1.51. The maximum absolute atomic E-state index is 12.6. The topological polar surface area (TPSA) is 73.1 Å². The number of carbonyl (C=O) groups excluding carboxylic acids is 1. The highest BCUT2D eigenvalue weighted by Crippen LogP contribution is 2.18. The molecule has 7 nitrogen and oxygen atoms in total. The minimum atomic E-state index is -0.0919. The molecule has 0 saturated heterocycles. The van der Waals surface area contributed by atoms with E-state index in [1.54, 1.807) is 21.7 Å². The Bertz CT molecular complexity index is 801. The lowest BCUT2D eigenvalue weighted by molar-refractivity contribution is -0.120. The second kappa shape index (κ2) is 7.57. The molecule has 0 saturated carbocycles. The van der Waals surface area contributed by atoms with Gasteiger partial charge in [0.1, 0.15) is 12.1 Å². The van der Waals surface area contributed by atoms with E-state index in [-0.39, 0.29) is 18.6 Å². The Balaban J connectivity index is 1.65. The number of carbonyl (C=O) groups is 1. The van der Waals surface area contributed by atoms with Crippen LogP contribution in [0.2, 0.25) is 0 Å². The van der Waals surface area contributed by atoms with Gasteiger partial charge in [-0.05, 0) is 60.7 Å². The lowest BCUT2D eigenvalue weighted by atomic mass is 10.2. The number of nitrogens with zero attached hydrogens (tertiary/aromatic N) is 5. The predicted octanol–water partition coefficient (Wildman–Crippen LogP) is 2.48. The van der Waals surface area contributed by atoms with Crippen LogP contribution in [0.25, 0.3) is 5.69 Å². The van der Waals surface area contributed by atoms with E-state index in [4.69, 9.17) is 4.74 Å². The van der Waals surface area contributed by atoms with Gasteiger partial charge in [0.2, 0.25) is 0 Å². The van der Waals surface area contributed by atoms with E-state index in [2.05, 4.69) is 15.5 Å². The predicted molar refractivity (Wildman–Crippen MR) is 93.7 cm³/mol. The molecule has 0 bridgehead atoms. The average molecular weight is 337 g/mol. The Morgan fingerprint density at radius 2 is 1.84 bits per heavy atom. The number of para-hydroxylation sites is 1. The Morgan fingerprint density at radius 3 is 2.44 bits per heavy atom. The molecule has 128 valence electrons. The van der Waals surface area contributed by atoms with Gasteiger partial charge in [-0.2, -0.15) is 0 Å². The number of anilines is 1. The van der Waals surface area contributed by atoms with Crippen molar-refractivity contribution in [3.8, 4) is 11.4 Å². The van der Waals surface area contributed by atoms with E-state index in [0.717, 1.165) is 11.4 Å². The first-order chi connectivity index (χ1) is 12.1. The van der Waals surface area contributed by atoms with Crippen LogP contribution in [0.3, 0.4) is 0 Å². The molecule has 0 N–H and O–H groups in total. The number of hydrogen-bond donors (Lipinski definition) is 0. The van der Waals surface area contributed by atoms with Gasteiger partial charge >= 0.3 is 0 Å². The highest BCUT2D eigenvalue weighted by atomic mass is 16.5. The second-order valence-corrected chi connectivity index (χ2v) is 5.73. The van der Waals surface area contributed by atoms with Crippen molar-refractivity contribution < 1.29 is 9.53 Å². The van der Waals surface area contributed by atoms with Crippen molar-refractivity contribution in [1.82, 2.24) is 20.2 Å². The number of benzene rings is 2. The van der Waals surface area contributed by atoms with Crippen LogP contribution in [0.4, 0.5) is 5.69 Å². The SMILES string of the molecule is CC(C)N(C(=O)COc1ccc(-n2cnnn2)cc1)c1ccccc1. The van der Waals surface area contributed by atoms with E-state index in [1.807, 2.05) is 56.3 Å². The Kier molecular flexibility index (Phi) is 5.03. The van der Waals surface area contributed by atoms with E-state index in [1.165, 1.54) is 6.33 Å². The molecular formula is C18H19N5O2. The molecule has 0 spiro atoms. The summed E-state index contributed by atoms with van der Waals surface area (Å²) in [6, 6.07) is 16.8. The van der Waals surface area contributed by atoms with Gasteiger partial charge in [0, 0.05) is 11.7 Å². The molecule has 1 aromatic heterocycles. The fourth-order valence-corrected chi connectivity index (χ4v) is 2.51. The third kappa shape index (κ3) is 4.00. The van der Waals surface area contributed by atoms with Crippen molar-refractivity contribution in [2.45, 2.75) is 19.9 Å². The molecule has 2 aromatic carbocycles. The molecule has 1 heterocycles. The molecule has 0 fully saturated rings. The highest BCUT2D eigenvalue weighted by Gasteiger charge is 2.19. The van der Waals surface area contributed by atoms with Gasteiger partial charge in [-0.25, -0.2) is 4.68 Å². The van der Waals surface area contributed by atoms with Gasteiger partial charge in [-0.15, -0.1) is 5.10 Å². The molecule has 0 aliphatic rings. The van der Waals surface area contributed by atoms with Gasteiger partial charge in [-0.3, -0.25) is 4.79 Å². The molecule has 25 heavy (non-hydrogen) atoms. The fraction of sp³-hybridized carbons (Fsp3) is 0.222. The van der Waals surface area contributed by atoms with Crippen LogP contribution in [0.15, 0.2) is 60.9 Å². The second-order valence-electron chi connectivity index (χ2n) is 5.73. The first-order valence-electron chi connectivity index (χ1n) is 7.98. The van der Waals surface area contributed by atoms with E-state index in [0.29, 0.717) is 5.75 Å². The van der Waals surface area contributed by atoms with E-state index < -0.39 is 0 Å². The average Bonchev–Trinajstić information content (AvgIpc) is 3.16. The monoisotopic (exact) mass is 337 g/mol. The van der Waals surface area contributed by atoms with Crippen molar-refractivity contribution in [1.29, 1.82) is 0 Å². The summed E-state index contributed by atoms with van der Waals surface area (Å²) in [7, 11) is 0. The maximum Gasteiger partial charge on any atom is 0.265 e. The van der Waals surface area contributed by atoms with Crippen LogP contribution in [0.5, 0.6) is 5.75 Å². The van der Waals surface area contributed by atoms with Crippen LogP contribution in [0.1, 0.15) is 13.8 Å². The maximum atomic E-state index is 12.6. The fourth-order valence-electron chi connectivity index (χ4n) is 2.51. The molecule has 0 aliphatic carbocycles. The Labute approximate surface area is 145 Å². The Morgan fingerprint density at radius 1 is 1.12 bits per heavy atom. The van der Waals surface area contributed by atoms with E-state index >= 15 is 0 Å². The summed E-state index contributed by atoms with van der Waals surface area (Å²) in [5, 5.41) is 11.0. The van der Waals surface area contributed by atoms with Crippen LogP contribution in [0, 0.1) is 0 Å². The van der Waals surface area contributed by atoms with E-state index in [9.17, 15) is 4.79 Å². The molecule has 0 aliphatic heterocycles. The summed E-state index contributed by atoms with van der Waals surface area (Å²) in [5.74, 6) is 0.521. The quantitative estimate of drug-likeness (QED) is 0.691. The summed E-state index contributed by atoms with van der Waals surface area (Å²) in [4.78, 5) is 14.3. The van der Waals surface area contributed by atoms with Crippen molar-refractivity contribution in [2.75, 3.05) is 11.5 Å². The zero-order chi connectivity index (χ0) is 17.6. The molecule has 3 aromatic rings.